The van der Waals surface area contributed by atoms with Gasteiger partial charge in [-0.15, -0.1) is 0 Å². The van der Waals surface area contributed by atoms with E-state index in [0.717, 1.165) is 48.7 Å². The molecule has 6 heteroatoms. The minimum atomic E-state index is -0.410. The molecule has 0 atom stereocenters. The Hall–Kier alpha value is -2.08. The number of hydrogen-bond donors (Lipinski definition) is 2. The van der Waals surface area contributed by atoms with E-state index in [2.05, 4.69) is 34.7 Å². The van der Waals surface area contributed by atoms with Crippen molar-refractivity contribution in [3.05, 3.63) is 23.4 Å². The van der Waals surface area contributed by atoms with E-state index in [-0.39, 0.29) is 6.04 Å². The Labute approximate surface area is 130 Å². The molecule has 2 aromatic heterocycles. The summed E-state index contributed by atoms with van der Waals surface area (Å²) in [7, 11) is 0. The first-order valence-corrected chi connectivity index (χ1v) is 7.77. The van der Waals surface area contributed by atoms with Gasteiger partial charge in [-0.2, -0.15) is 0 Å². The fraction of sp³-hybridized carbons (Fsp3) is 0.500. The molecule has 2 aromatic rings. The average molecular weight is 301 g/mol. The second kappa shape index (κ2) is 5.61. The number of anilines is 1. The summed E-state index contributed by atoms with van der Waals surface area (Å²) in [6.45, 7) is 9.89. The molecular weight excluding hydrogens is 278 g/mol. The molecule has 1 fully saturated rings. The summed E-state index contributed by atoms with van der Waals surface area (Å²) >= 11 is 0. The number of piperazine rings is 1. The van der Waals surface area contributed by atoms with Crippen molar-refractivity contribution < 1.29 is 4.79 Å². The van der Waals surface area contributed by atoms with Crippen LogP contribution in [0.4, 0.5) is 5.82 Å². The molecule has 0 saturated carbocycles. The number of nitrogens with zero attached hydrogens (tertiary/aromatic N) is 3. The van der Waals surface area contributed by atoms with Crippen LogP contribution in [0.25, 0.3) is 11.0 Å². The molecule has 0 spiro atoms. The summed E-state index contributed by atoms with van der Waals surface area (Å²) in [5.74, 6) is 0.504. The van der Waals surface area contributed by atoms with Gasteiger partial charge in [-0.1, -0.05) is 0 Å². The number of aromatic nitrogens is 2. The Bertz CT molecular complexity index is 713. The summed E-state index contributed by atoms with van der Waals surface area (Å²) in [4.78, 5) is 18.9. The molecular formula is C16H23N5O. The van der Waals surface area contributed by atoms with Crippen LogP contribution in [-0.2, 0) is 0 Å². The van der Waals surface area contributed by atoms with Crippen molar-refractivity contribution >= 4 is 22.8 Å². The predicted molar refractivity (Wildman–Crippen MR) is 88.5 cm³/mol. The molecule has 0 radical (unpaired) electrons. The lowest BCUT2D eigenvalue weighted by atomic mass is 10.2. The van der Waals surface area contributed by atoms with Gasteiger partial charge < -0.3 is 20.5 Å². The molecule has 22 heavy (non-hydrogen) atoms. The van der Waals surface area contributed by atoms with Gasteiger partial charge in [-0.3, -0.25) is 4.79 Å². The molecule has 1 aliphatic rings. The number of hydrogen-bond acceptors (Lipinski definition) is 4. The first-order valence-electron chi connectivity index (χ1n) is 7.77. The summed E-state index contributed by atoms with van der Waals surface area (Å²) in [6, 6.07) is 4.35. The molecule has 1 amide bonds. The molecule has 0 unspecified atom stereocenters. The van der Waals surface area contributed by atoms with E-state index in [9.17, 15) is 4.79 Å². The molecule has 0 aliphatic carbocycles. The van der Waals surface area contributed by atoms with Crippen LogP contribution in [0.2, 0.25) is 0 Å². The highest BCUT2D eigenvalue weighted by atomic mass is 16.1. The van der Waals surface area contributed by atoms with Crippen molar-refractivity contribution in [1.29, 1.82) is 0 Å². The summed E-state index contributed by atoms with van der Waals surface area (Å²) in [5, 5.41) is 3.33. The zero-order valence-electron chi connectivity index (χ0n) is 13.4. The summed E-state index contributed by atoms with van der Waals surface area (Å²) in [6.07, 6.45) is 0. The maximum atomic E-state index is 11.9. The zero-order chi connectivity index (χ0) is 15.9. The lowest BCUT2D eigenvalue weighted by molar-refractivity contribution is 0.100. The Morgan fingerprint density at radius 3 is 2.59 bits per heavy atom. The second-order valence-corrected chi connectivity index (χ2v) is 6.06. The van der Waals surface area contributed by atoms with Gasteiger partial charge in [0.2, 0.25) is 0 Å². The number of primary amides is 1. The van der Waals surface area contributed by atoms with Crippen LogP contribution in [-0.4, -0.2) is 41.6 Å². The van der Waals surface area contributed by atoms with Crippen molar-refractivity contribution in [3.8, 4) is 0 Å². The largest absolute Gasteiger partial charge is 0.365 e. The van der Waals surface area contributed by atoms with Crippen molar-refractivity contribution in [2.24, 2.45) is 5.73 Å². The third kappa shape index (κ3) is 2.33. The molecule has 1 aliphatic heterocycles. The minimum Gasteiger partial charge on any atom is -0.365 e. The van der Waals surface area contributed by atoms with Crippen molar-refractivity contribution in [1.82, 2.24) is 14.9 Å². The van der Waals surface area contributed by atoms with Gasteiger partial charge in [-0.25, -0.2) is 4.98 Å². The van der Waals surface area contributed by atoms with Crippen LogP contribution >= 0.6 is 0 Å². The Morgan fingerprint density at radius 1 is 1.32 bits per heavy atom. The maximum Gasteiger partial charge on any atom is 0.252 e. The van der Waals surface area contributed by atoms with Gasteiger partial charge in [0.05, 0.1) is 11.1 Å². The average Bonchev–Trinajstić information content (AvgIpc) is 2.79. The van der Waals surface area contributed by atoms with E-state index < -0.39 is 5.91 Å². The number of pyridine rings is 1. The Kier molecular flexibility index (Phi) is 3.78. The lowest BCUT2D eigenvalue weighted by Gasteiger charge is -2.28. The highest BCUT2D eigenvalue weighted by molar-refractivity contribution is 6.06. The van der Waals surface area contributed by atoms with E-state index in [1.54, 1.807) is 0 Å². The summed E-state index contributed by atoms with van der Waals surface area (Å²) < 4.78 is 2.13. The topological polar surface area (TPSA) is 76.2 Å². The standard InChI is InChI=1S/C16H23N5O/c1-10(2)21-11(3)14(16(17)22)15-12(21)4-5-13(19-15)20-8-6-18-7-9-20/h4-5,10,18H,6-9H2,1-3H3,(H2,17,22). The molecule has 0 bridgehead atoms. The van der Waals surface area contributed by atoms with E-state index in [4.69, 9.17) is 10.7 Å². The number of rotatable bonds is 3. The number of carbonyl (C=O) groups is 1. The third-order valence-electron chi connectivity index (χ3n) is 4.28. The third-order valence-corrected chi connectivity index (χ3v) is 4.28. The van der Waals surface area contributed by atoms with Crippen LogP contribution in [0.1, 0.15) is 35.9 Å². The molecule has 3 N–H and O–H groups in total. The quantitative estimate of drug-likeness (QED) is 0.899. The number of amides is 1. The fourth-order valence-electron chi connectivity index (χ4n) is 3.32. The van der Waals surface area contributed by atoms with Gasteiger partial charge in [0, 0.05) is 37.9 Å². The number of carbonyl (C=O) groups excluding carboxylic acids is 1. The van der Waals surface area contributed by atoms with E-state index in [1.807, 2.05) is 13.0 Å². The van der Waals surface area contributed by atoms with Crippen LogP contribution in [0.3, 0.4) is 0 Å². The zero-order valence-corrected chi connectivity index (χ0v) is 13.4. The first-order chi connectivity index (χ1) is 10.5. The number of nitrogens with two attached hydrogens (primary N) is 1. The molecule has 0 aromatic carbocycles. The molecule has 3 rings (SSSR count). The summed E-state index contributed by atoms with van der Waals surface area (Å²) in [5.41, 5.74) is 8.73. The highest BCUT2D eigenvalue weighted by Gasteiger charge is 2.22. The fourth-order valence-corrected chi connectivity index (χ4v) is 3.32. The molecule has 6 nitrogen and oxygen atoms in total. The van der Waals surface area contributed by atoms with E-state index >= 15 is 0 Å². The molecule has 118 valence electrons. The van der Waals surface area contributed by atoms with Crippen LogP contribution in [0.15, 0.2) is 12.1 Å². The van der Waals surface area contributed by atoms with E-state index in [0.29, 0.717) is 5.56 Å². The van der Waals surface area contributed by atoms with Crippen molar-refractivity contribution in [2.45, 2.75) is 26.8 Å². The Balaban J connectivity index is 2.18. The van der Waals surface area contributed by atoms with Crippen molar-refractivity contribution in [3.63, 3.8) is 0 Å². The molecule has 3 heterocycles. The lowest BCUT2D eigenvalue weighted by Crippen LogP contribution is -2.43. The highest BCUT2D eigenvalue weighted by Crippen LogP contribution is 2.29. The maximum absolute atomic E-state index is 11.9. The Morgan fingerprint density at radius 2 is 2.00 bits per heavy atom. The molecule has 1 saturated heterocycles. The normalized spacial score (nSPS) is 15.7. The van der Waals surface area contributed by atoms with Gasteiger partial charge in [0.25, 0.3) is 5.91 Å². The van der Waals surface area contributed by atoms with Crippen LogP contribution in [0.5, 0.6) is 0 Å². The van der Waals surface area contributed by atoms with E-state index in [1.165, 1.54) is 0 Å². The van der Waals surface area contributed by atoms with Crippen LogP contribution in [0, 0.1) is 6.92 Å². The SMILES string of the molecule is Cc1c(C(N)=O)c2nc(N3CCNCC3)ccc2n1C(C)C. The van der Waals surface area contributed by atoms with Gasteiger partial charge in [-0.05, 0) is 32.9 Å². The number of fused-ring (bicyclic) bond motifs is 1. The smallest absolute Gasteiger partial charge is 0.252 e. The minimum absolute atomic E-state index is 0.252. The van der Waals surface area contributed by atoms with Crippen molar-refractivity contribution in [2.75, 3.05) is 31.1 Å². The van der Waals surface area contributed by atoms with Gasteiger partial charge in [0.15, 0.2) is 0 Å². The monoisotopic (exact) mass is 301 g/mol. The number of nitrogens with one attached hydrogen (secondary N) is 1. The van der Waals surface area contributed by atoms with Gasteiger partial charge in [0.1, 0.15) is 11.3 Å². The predicted octanol–water partition coefficient (Wildman–Crippen LogP) is 1.43. The first kappa shape index (κ1) is 14.8. The van der Waals surface area contributed by atoms with Crippen LogP contribution < -0.4 is 16.0 Å². The second-order valence-electron chi connectivity index (χ2n) is 6.06. The van der Waals surface area contributed by atoms with Gasteiger partial charge >= 0.3 is 0 Å².